The Morgan fingerprint density at radius 1 is 1.15 bits per heavy atom. The Kier molecular flexibility index (Phi) is 6.58. The van der Waals surface area contributed by atoms with Gasteiger partial charge in [-0.05, 0) is 48.9 Å². The summed E-state index contributed by atoms with van der Waals surface area (Å²) in [7, 11) is 0. The van der Waals surface area contributed by atoms with Crippen molar-refractivity contribution in [3.8, 4) is 0 Å². The van der Waals surface area contributed by atoms with Crippen molar-refractivity contribution in [3.05, 3.63) is 63.9 Å². The monoisotopic (exact) mass is 410 g/mol. The third-order valence-corrected chi connectivity index (χ3v) is 5.63. The van der Waals surface area contributed by atoms with Gasteiger partial charge in [0.05, 0.1) is 42.3 Å². The lowest BCUT2D eigenvalue weighted by atomic mass is 10.1. The molecule has 1 fully saturated rings. The average molecular weight is 411 g/mol. The smallest absolute Gasteiger partial charge is 0.275 e. The molecule has 0 bridgehead atoms. The summed E-state index contributed by atoms with van der Waals surface area (Å²) in [5.41, 5.74) is 1.95. The van der Waals surface area contributed by atoms with E-state index in [2.05, 4.69) is 10.2 Å². The fourth-order valence-electron chi connectivity index (χ4n) is 3.29. The fourth-order valence-corrected chi connectivity index (χ4v) is 3.60. The van der Waals surface area contributed by atoms with E-state index in [-0.39, 0.29) is 17.8 Å². The third kappa shape index (κ3) is 5.34. The number of amides is 1. The van der Waals surface area contributed by atoms with Crippen molar-refractivity contribution < 1.29 is 14.1 Å². The van der Waals surface area contributed by atoms with Crippen LogP contribution in [0.15, 0.2) is 42.5 Å². The Bertz CT molecular complexity index is 792. The molecule has 4 nitrogen and oxygen atoms in total. The van der Waals surface area contributed by atoms with Crippen LogP contribution in [0.2, 0.25) is 10.0 Å². The Morgan fingerprint density at radius 3 is 2.44 bits per heavy atom. The number of nitrogens with zero attached hydrogens (tertiary/aromatic N) is 1. The Hall–Kier alpha value is -1.82. The van der Waals surface area contributed by atoms with Gasteiger partial charge in [-0.15, -0.1) is 0 Å². The van der Waals surface area contributed by atoms with E-state index in [9.17, 15) is 9.18 Å². The van der Waals surface area contributed by atoms with Gasteiger partial charge >= 0.3 is 0 Å². The maximum Gasteiger partial charge on any atom is 0.275 e. The van der Waals surface area contributed by atoms with Crippen LogP contribution in [-0.2, 0) is 4.79 Å². The molecule has 1 atom stereocenters. The number of hydrogen-bond donors (Lipinski definition) is 2. The van der Waals surface area contributed by atoms with Crippen molar-refractivity contribution in [3.63, 3.8) is 0 Å². The molecule has 0 aromatic heterocycles. The van der Waals surface area contributed by atoms with Gasteiger partial charge in [0.1, 0.15) is 5.82 Å². The first-order valence-corrected chi connectivity index (χ1v) is 9.76. The maximum absolute atomic E-state index is 13.0. The van der Waals surface area contributed by atoms with Gasteiger partial charge in [0.2, 0.25) is 0 Å². The second-order valence-corrected chi connectivity index (χ2v) is 7.67. The third-order valence-electron chi connectivity index (χ3n) is 4.89. The number of carbonyl (C=O) groups is 1. The van der Waals surface area contributed by atoms with Crippen molar-refractivity contribution in [1.82, 2.24) is 5.32 Å². The topological polar surface area (TPSA) is 36.8 Å². The molecular formula is C20H23Cl2FN3O+. The van der Waals surface area contributed by atoms with Crippen LogP contribution in [-0.4, -0.2) is 38.6 Å². The average Bonchev–Trinajstić information content (AvgIpc) is 2.65. The van der Waals surface area contributed by atoms with E-state index in [4.69, 9.17) is 23.2 Å². The van der Waals surface area contributed by atoms with Gasteiger partial charge in [-0.1, -0.05) is 29.3 Å². The maximum atomic E-state index is 13.0. The number of anilines is 1. The molecule has 0 aliphatic carbocycles. The molecule has 3 rings (SSSR count). The van der Waals surface area contributed by atoms with Crippen LogP contribution in [0.25, 0.3) is 0 Å². The Labute approximate surface area is 168 Å². The summed E-state index contributed by atoms with van der Waals surface area (Å²) >= 11 is 12.0. The van der Waals surface area contributed by atoms with Gasteiger partial charge in [-0.2, -0.15) is 0 Å². The van der Waals surface area contributed by atoms with Crippen molar-refractivity contribution in [2.24, 2.45) is 0 Å². The molecule has 2 aromatic rings. The van der Waals surface area contributed by atoms with E-state index in [1.807, 2.05) is 13.0 Å². The molecule has 0 unspecified atom stereocenters. The first kappa shape index (κ1) is 19.9. The highest BCUT2D eigenvalue weighted by Gasteiger charge is 2.23. The van der Waals surface area contributed by atoms with Crippen LogP contribution in [0.1, 0.15) is 18.5 Å². The zero-order chi connectivity index (χ0) is 19.4. The lowest BCUT2D eigenvalue weighted by Gasteiger charge is -2.33. The highest BCUT2D eigenvalue weighted by Crippen LogP contribution is 2.25. The fraction of sp³-hybridized carbons (Fsp3) is 0.350. The summed E-state index contributed by atoms with van der Waals surface area (Å²) in [5, 5.41) is 4.01. The standard InChI is InChI=1S/C20H22Cl2FN3O/c1-14(15-2-7-18(21)19(22)12-15)24-20(27)13-25-8-10-26(11-9-25)17-5-3-16(23)4-6-17/h2-7,12,14H,8-11,13H2,1H3,(H,24,27)/p+1/t14-/m1/s1. The van der Waals surface area contributed by atoms with Crippen LogP contribution in [0.5, 0.6) is 0 Å². The highest BCUT2D eigenvalue weighted by atomic mass is 35.5. The van der Waals surface area contributed by atoms with E-state index >= 15 is 0 Å². The van der Waals surface area contributed by atoms with Gasteiger partial charge < -0.3 is 15.1 Å². The summed E-state index contributed by atoms with van der Waals surface area (Å²) in [4.78, 5) is 15.9. The largest absolute Gasteiger partial charge is 0.360 e. The molecule has 0 radical (unpaired) electrons. The van der Waals surface area contributed by atoms with E-state index in [1.54, 1.807) is 24.3 Å². The molecule has 1 aliphatic heterocycles. The molecule has 2 aromatic carbocycles. The van der Waals surface area contributed by atoms with Crippen molar-refractivity contribution in [2.45, 2.75) is 13.0 Å². The number of carbonyl (C=O) groups excluding carboxylic acids is 1. The molecule has 1 amide bonds. The molecule has 144 valence electrons. The SMILES string of the molecule is C[C@@H](NC(=O)C[NH+]1CCN(c2ccc(F)cc2)CC1)c1ccc(Cl)c(Cl)c1. The van der Waals surface area contributed by atoms with Gasteiger partial charge in [-0.3, -0.25) is 4.79 Å². The molecule has 0 saturated carbocycles. The number of nitrogens with one attached hydrogen (secondary N) is 2. The van der Waals surface area contributed by atoms with Gasteiger partial charge in [0, 0.05) is 5.69 Å². The van der Waals surface area contributed by atoms with Crippen molar-refractivity contribution >= 4 is 34.8 Å². The van der Waals surface area contributed by atoms with Gasteiger partial charge in [-0.25, -0.2) is 4.39 Å². The summed E-state index contributed by atoms with van der Waals surface area (Å²) in [6.07, 6.45) is 0. The van der Waals surface area contributed by atoms with Crippen molar-refractivity contribution in [2.75, 3.05) is 37.6 Å². The number of halogens is 3. The van der Waals surface area contributed by atoms with Crippen LogP contribution in [0.4, 0.5) is 10.1 Å². The van der Waals surface area contributed by atoms with Crippen molar-refractivity contribution in [1.29, 1.82) is 0 Å². The lowest BCUT2D eigenvalue weighted by Crippen LogP contribution is -3.15. The Balaban J connectivity index is 1.47. The summed E-state index contributed by atoms with van der Waals surface area (Å²) in [6, 6.07) is 11.8. The molecule has 0 spiro atoms. The van der Waals surface area contributed by atoms with Crippen LogP contribution in [0, 0.1) is 5.82 Å². The lowest BCUT2D eigenvalue weighted by molar-refractivity contribution is -0.892. The highest BCUT2D eigenvalue weighted by molar-refractivity contribution is 6.42. The summed E-state index contributed by atoms with van der Waals surface area (Å²) in [6.45, 7) is 5.78. The molecule has 2 N–H and O–H groups in total. The Morgan fingerprint density at radius 2 is 1.81 bits per heavy atom. The predicted octanol–water partition coefficient (Wildman–Crippen LogP) is 2.71. The zero-order valence-corrected chi connectivity index (χ0v) is 16.7. The number of rotatable bonds is 5. The minimum atomic E-state index is -0.226. The number of hydrogen-bond acceptors (Lipinski definition) is 2. The normalized spacial score (nSPS) is 16.2. The molecule has 7 heteroatoms. The van der Waals surface area contributed by atoms with E-state index < -0.39 is 0 Å². The molecule has 1 heterocycles. The number of benzene rings is 2. The van der Waals surface area contributed by atoms with Gasteiger partial charge in [0.15, 0.2) is 6.54 Å². The predicted molar refractivity (Wildman–Crippen MR) is 107 cm³/mol. The van der Waals surface area contributed by atoms with Crippen LogP contribution < -0.4 is 15.1 Å². The number of quaternary nitrogens is 1. The second-order valence-electron chi connectivity index (χ2n) is 6.85. The van der Waals surface area contributed by atoms with E-state index in [0.717, 1.165) is 37.4 Å². The number of piperazine rings is 1. The summed E-state index contributed by atoms with van der Waals surface area (Å²) < 4.78 is 13.0. The first-order chi connectivity index (χ1) is 12.9. The minimum absolute atomic E-state index is 0.0128. The molecular weight excluding hydrogens is 388 g/mol. The van der Waals surface area contributed by atoms with E-state index in [1.165, 1.54) is 17.0 Å². The molecule has 1 aliphatic rings. The minimum Gasteiger partial charge on any atom is -0.360 e. The zero-order valence-electron chi connectivity index (χ0n) is 15.1. The second kappa shape index (κ2) is 8.91. The van der Waals surface area contributed by atoms with E-state index in [0.29, 0.717) is 16.6 Å². The summed E-state index contributed by atoms with van der Waals surface area (Å²) in [5.74, 6) is -0.213. The first-order valence-electron chi connectivity index (χ1n) is 9.01. The van der Waals surface area contributed by atoms with Crippen LogP contribution >= 0.6 is 23.2 Å². The van der Waals surface area contributed by atoms with Gasteiger partial charge in [0.25, 0.3) is 5.91 Å². The van der Waals surface area contributed by atoms with Crippen LogP contribution in [0.3, 0.4) is 0 Å². The molecule has 1 saturated heterocycles. The molecule has 27 heavy (non-hydrogen) atoms. The quantitative estimate of drug-likeness (QED) is 0.794.